The van der Waals surface area contributed by atoms with Crippen LogP contribution >= 0.6 is 0 Å². The lowest BCUT2D eigenvalue weighted by atomic mass is 10.1. The highest BCUT2D eigenvalue weighted by molar-refractivity contribution is 6.04. The topological polar surface area (TPSA) is 105 Å². The molecule has 1 fully saturated rings. The van der Waals surface area contributed by atoms with E-state index in [1.54, 1.807) is 35.4 Å². The van der Waals surface area contributed by atoms with Crippen molar-refractivity contribution in [2.45, 2.75) is 0 Å². The minimum Gasteiger partial charge on any atom is -0.354 e. The van der Waals surface area contributed by atoms with Crippen molar-refractivity contribution in [1.82, 2.24) is 34.8 Å². The van der Waals surface area contributed by atoms with E-state index in [4.69, 9.17) is 0 Å². The van der Waals surface area contributed by atoms with Crippen molar-refractivity contribution in [3.05, 3.63) is 54.6 Å². The molecule has 162 valence electrons. The summed E-state index contributed by atoms with van der Waals surface area (Å²) in [6.45, 7) is 3.87. The first-order valence-electron chi connectivity index (χ1n) is 10.4. The summed E-state index contributed by atoms with van der Waals surface area (Å²) >= 11 is 0. The molecule has 0 atom stereocenters. The van der Waals surface area contributed by atoms with E-state index in [2.05, 4.69) is 47.4 Å². The summed E-state index contributed by atoms with van der Waals surface area (Å²) < 4.78 is 1.64. The van der Waals surface area contributed by atoms with E-state index in [0.717, 1.165) is 54.2 Å². The molecule has 0 radical (unpaired) electrons. The highest BCUT2D eigenvalue weighted by Crippen LogP contribution is 2.22. The van der Waals surface area contributed by atoms with Gasteiger partial charge >= 0.3 is 0 Å². The Morgan fingerprint density at radius 1 is 0.969 bits per heavy atom. The summed E-state index contributed by atoms with van der Waals surface area (Å²) in [5.41, 5.74) is 2.79. The van der Waals surface area contributed by atoms with Gasteiger partial charge in [-0.05, 0) is 31.3 Å². The molecule has 0 aromatic carbocycles. The van der Waals surface area contributed by atoms with Crippen LogP contribution in [-0.2, 0) is 7.05 Å². The molecule has 1 saturated heterocycles. The number of anilines is 2. The summed E-state index contributed by atoms with van der Waals surface area (Å²) in [6.07, 6.45) is 6.81. The third-order valence-electron chi connectivity index (χ3n) is 5.54. The number of aromatic nitrogens is 6. The van der Waals surface area contributed by atoms with Gasteiger partial charge in [0.2, 0.25) is 0 Å². The summed E-state index contributed by atoms with van der Waals surface area (Å²) in [4.78, 5) is 30.5. The highest BCUT2D eigenvalue weighted by Gasteiger charge is 2.16. The van der Waals surface area contributed by atoms with Crippen molar-refractivity contribution in [3.63, 3.8) is 0 Å². The zero-order valence-electron chi connectivity index (χ0n) is 17.9. The number of rotatable bonds is 4. The molecule has 10 heteroatoms. The maximum Gasteiger partial charge on any atom is 0.258 e. The molecule has 4 aromatic heterocycles. The lowest BCUT2D eigenvalue weighted by Gasteiger charge is -2.33. The average Bonchev–Trinajstić information content (AvgIpc) is 3.25. The second kappa shape index (κ2) is 8.31. The van der Waals surface area contributed by atoms with E-state index in [1.807, 2.05) is 25.4 Å². The maximum absolute atomic E-state index is 12.7. The minimum atomic E-state index is -0.257. The molecule has 32 heavy (non-hydrogen) atoms. The van der Waals surface area contributed by atoms with Gasteiger partial charge in [0.05, 0.1) is 23.5 Å². The fourth-order valence-electron chi connectivity index (χ4n) is 3.65. The van der Waals surface area contributed by atoms with Gasteiger partial charge in [0.1, 0.15) is 17.3 Å². The summed E-state index contributed by atoms with van der Waals surface area (Å²) in [5.74, 6) is 1.08. The number of nitrogens with one attached hydrogen (secondary N) is 1. The van der Waals surface area contributed by atoms with E-state index in [9.17, 15) is 4.79 Å². The number of hydrogen-bond acceptors (Lipinski definition) is 8. The number of hydrogen-bond donors (Lipinski definition) is 1. The van der Waals surface area contributed by atoms with Crippen LogP contribution in [0.15, 0.2) is 49.1 Å². The molecule has 1 N–H and O–H groups in total. The first-order chi connectivity index (χ1) is 15.5. The molecule has 5 rings (SSSR count). The Balaban J connectivity index is 1.31. The van der Waals surface area contributed by atoms with Gasteiger partial charge in [-0.3, -0.25) is 14.5 Å². The Morgan fingerprint density at radius 2 is 1.81 bits per heavy atom. The predicted octanol–water partition coefficient (Wildman–Crippen LogP) is 1.82. The van der Waals surface area contributed by atoms with E-state index < -0.39 is 0 Å². The molecule has 10 nitrogen and oxygen atoms in total. The number of aryl methyl sites for hydroxylation is 1. The Bertz CT molecular complexity index is 1260. The second-order valence-corrected chi connectivity index (χ2v) is 7.91. The van der Waals surface area contributed by atoms with Gasteiger partial charge in [0.15, 0.2) is 0 Å². The molecule has 0 spiro atoms. The van der Waals surface area contributed by atoms with Crippen LogP contribution in [0.1, 0.15) is 10.4 Å². The van der Waals surface area contributed by atoms with Gasteiger partial charge < -0.3 is 15.1 Å². The highest BCUT2D eigenvalue weighted by atomic mass is 16.1. The van der Waals surface area contributed by atoms with E-state index in [1.165, 1.54) is 0 Å². The van der Waals surface area contributed by atoms with Crippen molar-refractivity contribution >= 4 is 28.4 Å². The predicted molar refractivity (Wildman–Crippen MR) is 121 cm³/mol. The fourth-order valence-corrected chi connectivity index (χ4v) is 3.65. The molecular weight excluding hydrogens is 406 g/mol. The van der Waals surface area contributed by atoms with Crippen molar-refractivity contribution in [1.29, 1.82) is 0 Å². The second-order valence-electron chi connectivity index (χ2n) is 7.91. The minimum absolute atomic E-state index is 0.257. The molecule has 1 aliphatic rings. The normalized spacial score (nSPS) is 14.6. The smallest absolute Gasteiger partial charge is 0.258 e. The van der Waals surface area contributed by atoms with Gasteiger partial charge in [-0.2, -0.15) is 0 Å². The van der Waals surface area contributed by atoms with Crippen LogP contribution in [0.25, 0.3) is 22.2 Å². The molecule has 1 amide bonds. The van der Waals surface area contributed by atoms with Gasteiger partial charge in [-0.1, -0.05) is 5.21 Å². The summed E-state index contributed by atoms with van der Waals surface area (Å²) in [5, 5.41) is 11.8. The van der Waals surface area contributed by atoms with Crippen LogP contribution < -0.4 is 10.2 Å². The number of nitrogens with zero attached hydrogens (tertiary/aromatic N) is 8. The number of carbonyl (C=O) groups excluding carboxylic acids is 1. The lowest BCUT2D eigenvalue weighted by Crippen LogP contribution is -2.44. The molecule has 0 aliphatic carbocycles. The summed E-state index contributed by atoms with van der Waals surface area (Å²) in [6, 6.07) is 7.44. The van der Waals surface area contributed by atoms with Crippen molar-refractivity contribution in [2.75, 3.05) is 43.4 Å². The Hall–Kier alpha value is -3.92. The zero-order valence-corrected chi connectivity index (χ0v) is 17.9. The molecule has 0 unspecified atom stereocenters. The molecular formula is C22H23N9O. The fraction of sp³-hybridized carbons (Fsp3) is 0.273. The van der Waals surface area contributed by atoms with Crippen LogP contribution in [0.3, 0.4) is 0 Å². The van der Waals surface area contributed by atoms with Crippen molar-refractivity contribution in [2.24, 2.45) is 7.05 Å². The molecule has 1 aliphatic heterocycles. The van der Waals surface area contributed by atoms with Gasteiger partial charge in [-0.25, -0.2) is 9.97 Å². The Labute approximate surface area is 184 Å². The lowest BCUT2D eigenvalue weighted by molar-refractivity contribution is 0.102. The number of piperazine rings is 1. The van der Waals surface area contributed by atoms with Crippen molar-refractivity contribution in [3.8, 4) is 11.3 Å². The van der Waals surface area contributed by atoms with Crippen LogP contribution in [0.2, 0.25) is 0 Å². The number of fused-ring (bicyclic) bond motifs is 1. The van der Waals surface area contributed by atoms with E-state index in [-0.39, 0.29) is 5.91 Å². The largest absolute Gasteiger partial charge is 0.354 e. The standard InChI is InChI=1S/C22H23N9O/c1-29-5-7-31(8-6-29)21-4-3-15(11-25-21)22(32)26-20-10-16-9-17(12-23-18(16)13-24-20)19-14-30(2)28-27-19/h3-4,9-14H,5-8H2,1-2H3,(H,24,26,32). The monoisotopic (exact) mass is 429 g/mol. The number of likely N-dealkylation sites (N-methyl/N-ethyl adjacent to an activating group) is 1. The average molecular weight is 429 g/mol. The molecule has 0 saturated carbocycles. The number of carbonyl (C=O) groups is 1. The van der Waals surface area contributed by atoms with Gasteiger partial charge in [0, 0.05) is 56.6 Å². The Morgan fingerprint density at radius 3 is 2.53 bits per heavy atom. The third kappa shape index (κ3) is 4.12. The van der Waals surface area contributed by atoms with Gasteiger partial charge in [-0.15, -0.1) is 5.10 Å². The van der Waals surface area contributed by atoms with Crippen LogP contribution in [0.5, 0.6) is 0 Å². The molecule has 4 aromatic rings. The van der Waals surface area contributed by atoms with Crippen LogP contribution in [0, 0.1) is 0 Å². The SMILES string of the molecule is CN1CCN(c2ccc(C(=O)Nc3cc4cc(-c5cn(C)nn5)cnc4cn3)cn2)CC1. The molecule has 5 heterocycles. The Kier molecular flexibility index (Phi) is 5.20. The maximum atomic E-state index is 12.7. The van der Waals surface area contributed by atoms with Crippen LogP contribution in [0.4, 0.5) is 11.6 Å². The quantitative estimate of drug-likeness (QED) is 0.524. The number of pyridine rings is 3. The first-order valence-corrected chi connectivity index (χ1v) is 10.4. The number of amides is 1. The third-order valence-corrected chi connectivity index (χ3v) is 5.54. The van der Waals surface area contributed by atoms with Crippen LogP contribution in [-0.4, -0.2) is 74.0 Å². The zero-order chi connectivity index (χ0) is 22.1. The summed E-state index contributed by atoms with van der Waals surface area (Å²) in [7, 11) is 3.93. The van der Waals surface area contributed by atoms with E-state index >= 15 is 0 Å². The molecule has 0 bridgehead atoms. The van der Waals surface area contributed by atoms with E-state index in [0.29, 0.717) is 11.4 Å². The van der Waals surface area contributed by atoms with Gasteiger partial charge in [0.25, 0.3) is 5.91 Å². The van der Waals surface area contributed by atoms with Crippen molar-refractivity contribution < 1.29 is 4.79 Å². The first kappa shape index (κ1) is 20.0.